The number of anilines is 2. The fourth-order valence-electron chi connectivity index (χ4n) is 2.51. The van der Waals surface area contributed by atoms with Gasteiger partial charge in [0.25, 0.3) is 17.4 Å². The van der Waals surface area contributed by atoms with Crippen molar-refractivity contribution < 1.29 is 19.3 Å². The van der Waals surface area contributed by atoms with Crippen LogP contribution in [0.1, 0.15) is 10.4 Å². The molecule has 2 aromatic carbocycles. The molecule has 0 bridgehead atoms. The minimum absolute atomic E-state index is 0.105. The number of halogens is 2. The molecule has 2 aromatic rings. The Morgan fingerprint density at radius 3 is 2.42 bits per heavy atom. The lowest BCUT2D eigenvalue weighted by Crippen LogP contribution is -2.37. The van der Waals surface area contributed by atoms with Crippen LogP contribution in [0.5, 0.6) is 0 Å². The van der Waals surface area contributed by atoms with E-state index in [1.165, 1.54) is 30.3 Å². The quantitative estimate of drug-likeness (QED) is 0.408. The van der Waals surface area contributed by atoms with Crippen molar-refractivity contribution in [3.63, 3.8) is 0 Å². The molecule has 26 heavy (non-hydrogen) atoms. The van der Waals surface area contributed by atoms with E-state index in [2.05, 4.69) is 37.2 Å². The van der Waals surface area contributed by atoms with Crippen LogP contribution in [-0.2, 0) is 9.59 Å². The number of benzene rings is 2. The standard InChI is InChI=1S/C16H9Br2N3O5/c17-8-5-11-14(12(18)6-8)20(16(24)15(11)23)7-13(22)19-9-1-3-10(4-2-9)21(25)26/h1-6H,7H2,(H,19,22). The number of hydrogen-bond acceptors (Lipinski definition) is 5. The number of nitro groups is 1. The highest BCUT2D eigenvalue weighted by Crippen LogP contribution is 2.38. The smallest absolute Gasteiger partial charge is 0.299 e. The minimum atomic E-state index is -0.794. The van der Waals surface area contributed by atoms with Gasteiger partial charge in [-0.05, 0) is 40.2 Å². The van der Waals surface area contributed by atoms with Gasteiger partial charge in [0.05, 0.1) is 16.2 Å². The highest BCUT2D eigenvalue weighted by molar-refractivity contribution is 9.11. The highest BCUT2D eigenvalue weighted by atomic mass is 79.9. The first-order valence-corrected chi connectivity index (χ1v) is 8.76. The van der Waals surface area contributed by atoms with Gasteiger partial charge in [-0.2, -0.15) is 0 Å². The summed E-state index contributed by atoms with van der Waals surface area (Å²) in [6.45, 7) is -0.366. The molecule has 8 nitrogen and oxygen atoms in total. The average molecular weight is 483 g/mol. The number of carbonyl (C=O) groups is 3. The highest BCUT2D eigenvalue weighted by Gasteiger charge is 2.38. The zero-order valence-electron chi connectivity index (χ0n) is 12.9. The van der Waals surface area contributed by atoms with E-state index in [1.807, 2.05) is 0 Å². The van der Waals surface area contributed by atoms with Crippen molar-refractivity contribution >= 4 is 66.5 Å². The first-order chi connectivity index (χ1) is 12.3. The van der Waals surface area contributed by atoms with Gasteiger partial charge in [0.1, 0.15) is 6.54 Å². The number of rotatable bonds is 4. The van der Waals surface area contributed by atoms with Crippen LogP contribution in [0.25, 0.3) is 0 Å². The molecule has 2 amide bonds. The van der Waals surface area contributed by atoms with Crippen LogP contribution in [0, 0.1) is 10.1 Å². The molecule has 1 N–H and O–H groups in total. The van der Waals surface area contributed by atoms with Gasteiger partial charge in [-0.3, -0.25) is 29.4 Å². The SMILES string of the molecule is O=C(CN1C(=O)C(=O)c2cc(Br)cc(Br)c21)Nc1ccc([N+](=O)[O-])cc1. The second kappa shape index (κ2) is 6.96. The number of ketones is 1. The van der Waals surface area contributed by atoms with Crippen LogP contribution in [0.3, 0.4) is 0 Å². The van der Waals surface area contributed by atoms with Crippen molar-refractivity contribution in [1.29, 1.82) is 0 Å². The molecular weight excluding hydrogens is 474 g/mol. The number of nitro benzene ring substituents is 1. The summed E-state index contributed by atoms with van der Waals surface area (Å²) < 4.78 is 1.13. The number of nitrogens with zero attached hydrogens (tertiary/aromatic N) is 2. The molecule has 0 atom stereocenters. The summed E-state index contributed by atoms with van der Waals surface area (Å²) in [4.78, 5) is 47.8. The number of carbonyl (C=O) groups excluding carboxylic acids is 3. The lowest BCUT2D eigenvalue weighted by Gasteiger charge is -2.17. The largest absolute Gasteiger partial charge is 0.325 e. The average Bonchev–Trinajstić information content (AvgIpc) is 2.80. The third-order valence-electron chi connectivity index (χ3n) is 3.65. The van der Waals surface area contributed by atoms with E-state index in [0.29, 0.717) is 20.3 Å². The summed E-state index contributed by atoms with van der Waals surface area (Å²) in [7, 11) is 0. The van der Waals surface area contributed by atoms with E-state index in [1.54, 1.807) is 6.07 Å². The van der Waals surface area contributed by atoms with Crippen LogP contribution < -0.4 is 10.2 Å². The number of amides is 2. The Hall–Kier alpha value is -2.59. The van der Waals surface area contributed by atoms with Crippen molar-refractivity contribution in [3.8, 4) is 0 Å². The summed E-state index contributed by atoms with van der Waals surface area (Å²) in [5, 5.41) is 13.2. The Labute approximate surface area is 163 Å². The zero-order chi connectivity index (χ0) is 19.0. The molecule has 0 radical (unpaired) electrons. The first-order valence-electron chi connectivity index (χ1n) is 7.17. The molecule has 1 heterocycles. The molecule has 132 valence electrons. The van der Waals surface area contributed by atoms with Crippen molar-refractivity contribution in [2.24, 2.45) is 0 Å². The number of Topliss-reactive ketones (excluding diaryl/α,β-unsaturated/α-hetero) is 1. The predicted molar refractivity (Wildman–Crippen MR) is 100 cm³/mol. The molecule has 0 aliphatic carbocycles. The lowest BCUT2D eigenvalue weighted by atomic mass is 10.1. The van der Waals surface area contributed by atoms with Crippen molar-refractivity contribution in [1.82, 2.24) is 0 Å². The van der Waals surface area contributed by atoms with E-state index in [0.717, 1.165) is 4.90 Å². The van der Waals surface area contributed by atoms with Gasteiger partial charge in [-0.15, -0.1) is 0 Å². The normalized spacial score (nSPS) is 12.9. The maximum absolute atomic E-state index is 12.3. The summed E-state index contributed by atoms with van der Waals surface area (Å²) in [6, 6.07) is 8.47. The monoisotopic (exact) mass is 481 g/mol. The first kappa shape index (κ1) is 18.2. The third-order valence-corrected chi connectivity index (χ3v) is 4.71. The summed E-state index contributed by atoms with van der Waals surface area (Å²) in [5.74, 6) is -2.02. The number of non-ortho nitro benzene ring substituents is 1. The minimum Gasteiger partial charge on any atom is -0.325 e. The van der Waals surface area contributed by atoms with E-state index >= 15 is 0 Å². The molecule has 1 aliphatic heterocycles. The fourth-order valence-corrected chi connectivity index (χ4v) is 3.95. The molecule has 10 heteroatoms. The van der Waals surface area contributed by atoms with Crippen LogP contribution in [0.15, 0.2) is 45.3 Å². The Balaban J connectivity index is 1.79. The van der Waals surface area contributed by atoms with Crippen molar-refractivity contribution in [2.75, 3.05) is 16.8 Å². The molecule has 0 saturated carbocycles. The van der Waals surface area contributed by atoms with Gasteiger partial charge in [0, 0.05) is 26.8 Å². The second-order valence-electron chi connectivity index (χ2n) is 5.36. The maximum atomic E-state index is 12.3. The lowest BCUT2D eigenvalue weighted by molar-refractivity contribution is -0.384. The molecular formula is C16H9Br2N3O5. The van der Waals surface area contributed by atoms with E-state index < -0.39 is 22.5 Å². The van der Waals surface area contributed by atoms with E-state index in [9.17, 15) is 24.5 Å². The third kappa shape index (κ3) is 3.37. The van der Waals surface area contributed by atoms with Gasteiger partial charge in [0.2, 0.25) is 5.91 Å². The molecule has 0 unspecified atom stereocenters. The van der Waals surface area contributed by atoms with Crippen LogP contribution in [-0.4, -0.2) is 29.1 Å². The van der Waals surface area contributed by atoms with Crippen LogP contribution in [0.4, 0.5) is 17.1 Å². The molecule has 0 saturated heterocycles. The summed E-state index contributed by atoms with van der Waals surface area (Å²) >= 11 is 6.56. The maximum Gasteiger partial charge on any atom is 0.299 e. The van der Waals surface area contributed by atoms with Gasteiger partial charge in [0.15, 0.2) is 0 Å². The Bertz CT molecular complexity index is 959. The topological polar surface area (TPSA) is 110 Å². The van der Waals surface area contributed by atoms with E-state index in [4.69, 9.17) is 0 Å². The van der Waals surface area contributed by atoms with Gasteiger partial charge in [-0.25, -0.2) is 0 Å². The second-order valence-corrected chi connectivity index (χ2v) is 7.13. The summed E-state index contributed by atoms with van der Waals surface area (Å²) in [6.07, 6.45) is 0. The van der Waals surface area contributed by atoms with E-state index in [-0.39, 0.29) is 17.8 Å². The molecule has 3 rings (SSSR count). The molecule has 0 spiro atoms. The van der Waals surface area contributed by atoms with Crippen LogP contribution >= 0.6 is 31.9 Å². The fraction of sp³-hybridized carbons (Fsp3) is 0.0625. The van der Waals surface area contributed by atoms with Gasteiger partial charge in [-0.1, -0.05) is 15.9 Å². The van der Waals surface area contributed by atoms with Crippen molar-refractivity contribution in [3.05, 3.63) is 61.0 Å². The summed E-state index contributed by atoms with van der Waals surface area (Å²) in [5.41, 5.74) is 0.779. The number of hydrogen-bond donors (Lipinski definition) is 1. The van der Waals surface area contributed by atoms with Crippen molar-refractivity contribution in [2.45, 2.75) is 0 Å². The van der Waals surface area contributed by atoms with Gasteiger partial charge < -0.3 is 5.32 Å². The molecule has 1 aliphatic rings. The molecule has 0 aromatic heterocycles. The predicted octanol–water partition coefficient (Wildman–Crippen LogP) is 3.29. The Kier molecular flexibility index (Phi) is 4.88. The van der Waals surface area contributed by atoms with Gasteiger partial charge >= 0.3 is 0 Å². The Morgan fingerprint density at radius 2 is 1.81 bits per heavy atom. The Morgan fingerprint density at radius 1 is 1.15 bits per heavy atom. The number of fused-ring (bicyclic) bond motifs is 1. The molecule has 0 fully saturated rings. The number of nitrogens with one attached hydrogen (secondary N) is 1. The van der Waals surface area contributed by atoms with Crippen LogP contribution in [0.2, 0.25) is 0 Å². The zero-order valence-corrected chi connectivity index (χ0v) is 16.0.